The van der Waals surface area contributed by atoms with Crippen LogP contribution in [-0.4, -0.2) is 23.3 Å². The molecule has 3 nitrogen and oxygen atoms in total. The summed E-state index contributed by atoms with van der Waals surface area (Å²) < 4.78 is 5.84. The summed E-state index contributed by atoms with van der Waals surface area (Å²) in [7, 11) is 0. The standard InChI is InChI=1S/C19H30O3/c1-6-12(4)19(21)22-16-10-15(20)9-14-8-7-13(5)17(11(2)3)18(14)16/h7-9,11-13,15-18,20H,6,10H2,1-5H3/t12?,13-,15?,16+,17?,18?/m1/s1. The molecule has 0 fully saturated rings. The van der Waals surface area contributed by atoms with Crippen LogP contribution >= 0.6 is 0 Å². The molecule has 124 valence electrons. The number of allylic oxidation sites excluding steroid dienone is 2. The van der Waals surface area contributed by atoms with Crippen LogP contribution in [0.3, 0.4) is 0 Å². The molecule has 2 aliphatic rings. The van der Waals surface area contributed by atoms with Crippen molar-refractivity contribution in [3.63, 3.8) is 0 Å². The van der Waals surface area contributed by atoms with Crippen molar-refractivity contribution in [1.29, 1.82) is 0 Å². The lowest BCUT2D eigenvalue weighted by Crippen LogP contribution is -2.44. The van der Waals surface area contributed by atoms with Gasteiger partial charge in [0, 0.05) is 12.3 Å². The van der Waals surface area contributed by atoms with Crippen molar-refractivity contribution in [2.75, 3.05) is 0 Å². The van der Waals surface area contributed by atoms with Crippen LogP contribution in [0, 0.1) is 29.6 Å². The Morgan fingerprint density at radius 1 is 1.41 bits per heavy atom. The highest BCUT2D eigenvalue weighted by Gasteiger charge is 2.43. The number of carbonyl (C=O) groups is 1. The minimum Gasteiger partial charge on any atom is -0.461 e. The number of rotatable bonds is 4. The van der Waals surface area contributed by atoms with Gasteiger partial charge in [0.05, 0.1) is 12.0 Å². The zero-order chi connectivity index (χ0) is 16.4. The summed E-state index contributed by atoms with van der Waals surface area (Å²) in [6, 6.07) is 0. The molecule has 0 aromatic heterocycles. The predicted molar refractivity (Wildman–Crippen MR) is 88.2 cm³/mol. The number of hydrogen-bond donors (Lipinski definition) is 1. The second kappa shape index (κ2) is 6.99. The number of fused-ring (bicyclic) bond motifs is 1. The van der Waals surface area contributed by atoms with Crippen molar-refractivity contribution in [2.45, 2.75) is 59.7 Å². The lowest BCUT2D eigenvalue weighted by atomic mass is 9.64. The molecule has 3 heteroatoms. The monoisotopic (exact) mass is 306 g/mol. The molecule has 0 aliphatic heterocycles. The largest absolute Gasteiger partial charge is 0.461 e. The molecular formula is C19H30O3. The lowest BCUT2D eigenvalue weighted by Gasteiger charge is -2.44. The zero-order valence-electron chi connectivity index (χ0n) is 14.5. The van der Waals surface area contributed by atoms with Crippen molar-refractivity contribution >= 4 is 5.97 Å². The maximum atomic E-state index is 12.2. The van der Waals surface area contributed by atoms with E-state index in [4.69, 9.17) is 4.74 Å². The fraction of sp³-hybridized carbons (Fsp3) is 0.737. The smallest absolute Gasteiger partial charge is 0.308 e. The van der Waals surface area contributed by atoms with Gasteiger partial charge in [0.25, 0.3) is 0 Å². The number of carbonyl (C=O) groups excluding carboxylic acids is 1. The molecule has 6 atom stereocenters. The van der Waals surface area contributed by atoms with Crippen molar-refractivity contribution in [1.82, 2.24) is 0 Å². The van der Waals surface area contributed by atoms with E-state index in [1.807, 2.05) is 19.9 Å². The summed E-state index contributed by atoms with van der Waals surface area (Å²) in [6.45, 7) is 10.6. The van der Waals surface area contributed by atoms with Crippen molar-refractivity contribution < 1.29 is 14.6 Å². The van der Waals surface area contributed by atoms with Gasteiger partial charge < -0.3 is 9.84 Å². The molecule has 22 heavy (non-hydrogen) atoms. The van der Waals surface area contributed by atoms with Crippen LogP contribution in [0.4, 0.5) is 0 Å². The molecule has 1 N–H and O–H groups in total. The molecular weight excluding hydrogens is 276 g/mol. The number of aliphatic hydroxyl groups excluding tert-OH is 1. The van der Waals surface area contributed by atoms with Crippen LogP contribution in [0.25, 0.3) is 0 Å². The Morgan fingerprint density at radius 2 is 2.09 bits per heavy atom. The summed E-state index contributed by atoms with van der Waals surface area (Å²) in [5.41, 5.74) is 1.14. The van der Waals surface area contributed by atoms with Gasteiger partial charge in [0.1, 0.15) is 6.10 Å². The van der Waals surface area contributed by atoms with E-state index < -0.39 is 6.10 Å². The van der Waals surface area contributed by atoms with Crippen LogP contribution in [0.1, 0.15) is 47.5 Å². The zero-order valence-corrected chi connectivity index (χ0v) is 14.5. The van der Waals surface area contributed by atoms with Gasteiger partial charge in [-0.1, -0.05) is 52.8 Å². The van der Waals surface area contributed by atoms with Crippen LogP contribution in [0.15, 0.2) is 23.8 Å². The summed E-state index contributed by atoms with van der Waals surface area (Å²) >= 11 is 0. The van der Waals surface area contributed by atoms with Gasteiger partial charge in [0.15, 0.2) is 0 Å². The molecule has 0 amide bonds. The van der Waals surface area contributed by atoms with E-state index in [1.165, 1.54) is 0 Å². The molecule has 0 saturated carbocycles. The van der Waals surface area contributed by atoms with Crippen LogP contribution < -0.4 is 0 Å². The maximum absolute atomic E-state index is 12.2. The van der Waals surface area contributed by atoms with Gasteiger partial charge >= 0.3 is 5.97 Å². The minimum absolute atomic E-state index is 0.0828. The van der Waals surface area contributed by atoms with Crippen molar-refractivity contribution in [3.8, 4) is 0 Å². The Hall–Kier alpha value is -1.09. The molecule has 0 aromatic carbocycles. The van der Waals surface area contributed by atoms with E-state index in [2.05, 4.69) is 32.9 Å². The molecule has 2 aliphatic carbocycles. The Labute approximate surface area is 134 Å². The van der Waals surface area contributed by atoms with Gasteiger partial charge in [-0.15, -0.1) is 0 Å². The molecule has 0 spiro atoms. The SMILES string of the molecule is CCC(C)C(=O)O[C@H]1CC(O)C=C2C=C[C@@H](C)C(C(C)C)C21. The highest BCUT2D eigenvalue weighted by molar-refractivity contribution is 5.72. The van der Waals surface area contributed by atoms with E-state index in [-0.39, 0.29) is 23.9 Å². The third-order valence-corrected chi connectivity index (χ3v) is 5.31. The molecule has 0 radical (unpaired) electrons. The van der Waals surface area contributed by atoms with E-state index in [9.17, 15) is 9.90 Å². The normalized spacial score (nSPS) is 35.8. The van der Waals surface area contributed by atoms with E-state index >= 15 is 0 Å². The highest BCUT2D eigenvalue weighted by Crippen LogP contribution is 2.44. The maximum Gasteiger partial charge on any atom is 0.308 e. The first-order valence-electron chi connectivity index (χ1n) is 8.63. The second-order valence-electron chi connectivity index (χ2n) is 7.32. The van der Waals surface area contributed by atoms with Gasteiger partial charge in [-0.05, 0) is 29.7 Å². The third kappa shape index (κ3) is 3.45. The Balaban J connectivity index is 2.28. The van der Waals surface area contributed by atoms with Crippen molar-refractivity contribution in [2.24, 2.45) is 29.6 Å². The summed E-state index contributed by atoms with van der Waals surface area (Å²) in [6.07, 6.45) is 6.84. The van der Waals surface area contributed by atoms with Gasteiger partial charge in [-0.2, -0.15) is 0 Å². The van der Waals surface area contributed by atoms with E-state index in [0.717, 1.165) is 12.0 Å². The summed E-state index contributed by atoms with van der Waals surface area (Å²) in [5.74, 6) is 1.40. The molecule has 0 heterocycles. The van der Waals surface area contributed by atoms with Gasteiger partial charge in [-0.3, -0.25) is 4.79 Å². The highest BCUT2D eigenvalue weighted by atomic mass is 16.5. The average Bonchev–Trinajstić information content (AvgIpc) is 2.46. The van der Waals surface area contributed by atoms with Crippen LogP contribution in [-0.2, 0) is 9.53 Å². The Bertz CT molecular complexity index is 463. The first-order chi connectivity index (χ1) is 10.3. The summed E-state index contributed by atoms with van der Waals surface area (Å²) in [4.78, 5) is 12.2. The van der Waals surface area contributed by atoms with E-state index in [0.29, 0.717) is 24.2 Å². The molecule has 2 rings (SSSR count). The van der Waals surface area contributed by atoms with Gasteiger partial charge in [-0.25, -0.2) is 0 Å². The molecule has 0 saturated heterocycles. The number of esters is 1. The van der Waals surface area contributed by atoms with Crippen LogP contribution in [0.5, 0.6) is 0 Å². The molecule has 0 bridgehead atoms. The average molecular weight is 306 g/mol. The molecule has 4 unspecified atom stereocenters. The Kier molecular flexibility index (Phi) is 5.49. The third-order valence-electron chi connectivity index (χ3n) is 5.31. The van der Waals surface area contributed by atoms with Gasteiger partial charge in [0.2, 0.25) is 0 Å². The number of hydrogen-bond acceptors (Lipinski definition) is 3. The lowest BCUT2D eigenvalue weighted by molar-refractivity contribution is -0.159. The van der Waals surface area contributed by atoms with Crippen molar-refractivity contribution in [3.05, 3.63) is 23.8 Å². The first kappa shape index (κ1) is 17.3. The number of aliphatic hydroxyl groups is 1. The minimum atomic E-state index is -0.521. The quantitative estimate of drug-likeness (QED) is 0.805. The van der Waals surface area contributed by atoms with E-state index in [1.54, 1.807) is 0 Å². The molecule has 0 aromatic rings. The summed E-state index contributed by atoms with van der Waals surface area (Å²) in [5, 5.41) is 10.1. The second-order valence-corrected chi connectivity index (χ2v) is 7.32. The fourth-order valence-electron chi connectivity index (χ4n) is 3.93. The predicted octanol–water partition coefficient (Wildman–Crippen LogP) is 3.73. The Morgan fingerprint density at radius 3 is 2.68 bits per heavy atom. The number of ether oxygens (including phenoxy) is 1. The topological polar surface area (TPSA) is 46.5 Å². The van der Waals surface area contributed by atoms with Crippen LogP contribution in [0.2, 0.25) is 0 Å². The fourth-order valence-corrected chi connectivity index (χ4v) is 3.93. The first-order valence-corrected chi connectivity index (χ1v) is 8.63.